The molecule has 2 fully saturated rings. The van der Waals surface area contributed by atoms with Crippen LogP contribution in [0.4, 0.5) is 0 Å². The van der Waals surface area contributed by atoms with Crippen molar-refractivity contribution in [1.82, 2.24) is 15.5 Å². The van der Waals surface area contributed by atoms with Crippen LogP contribution in [0.1, 0.15) is 39.0 Å². The fourth-order valence-electron chi connectivity index (χ4n) is 3.02. The van der Waals surface area contributed by atoms with E-state index in [4.69, 9.17) is 4.74 Å². The van der Waals surface area contributed by atoms with Crippen molar-refractivity contribution in [3.8, 4) is 0 Å². The molecule has 122 valence electrons. The Bertz CT molecular complexity index is 298. The fraction of sp³-hybridized carbons (Fsp3) is 0.938. The summed E-state index contributed by atoms with van der Waals surface area (Å²) in [5, 5.41) is 6.26. The van der Waals surface area contributed by atoms with Gasteiger partial charge in [0.05, 0.1) is 6.10 Å². The molecule has 2 N–H and O–H groups in total. The number of hydrogen-bond acceptors (Lipinski definition) is 4. The number of amides is 1. The largest absolute Gasteiger partial charge is 0.368 e. The molecular weight excluding hydrogens is 266 g/mol. The predicted molar refractivity (Wildman–Crippen MR) is 84.3 cm³/mol. The number of rotatable bonds is 7. The first-order chi connectivity index (χ1) is 10.2. The molecule has 0 bridgehead atoms. The SMILES string of the molecule is CC1CCN(CCCNC(=O)COC2CCNCC2)CC1. The molecule has 0 atom stereocenters. The zero-order valence-electron chi connectivity index (χ0n) is 13.4. The van der Waals surface area contributed by atoms with Crippen molar-refractivity contribution in [3.63, 3.8) is 0 Å². The van der Waals surface area contributed by atoms with Crippen LogP contribution in [-0.2, 0) is 9.53 Å². The number of piperidine rings is 2. The van der Waals surface area contributed by atoms with Crippen molar-refractivity contribution in [2.45, 2.75) is 45.1 Å². The van der Waals surface area contributed by atoms with Crippen LogP contribution in [-0.4, -0.2) is 62.8 Å². The molecule has 0 aromatic rings. The van der Waals surface area contributed by atoms with E-state index in [0.717, 1.165) is 51.4 Å². The van der Waals surface area contributed by atoms with Gasteiger partial charge in [0.1, 0.15) is 6.61 Å². The summed E-state index contributed by atoms with van der Waals surface area (Å²) in [5.74, 6) is 0.911. The maximum atomic E-state index is 11.7. The lowest BCUT2D eigenvalue weighted by Gasteiger charge is -2.30. The van der Waals surface area contributed by atoms with Crippen molar-refractivity contribution in [2.24, 2.45) is 5.92 Å². The van der Waals surface area contributed by atoms with Gasteiger partial charge in [-0.1, -0.05) is 6.92 Å². The summed E-state index contributed by atoms with van der Waals surface area (Å²) in [7, 11) is 0. The van der Waals surface area contributed by atoms with E-state index in [0.29, 0.717) is 0 Å². The maximum absolute atomic E-state index is 11.7. The lowest BCUT2D eigenvalue weighted by molar-refractivity contribution is -0.128. The molecule has 0 spiro atoms. The van der Waals surface area contributed by atoms with Crippen molar-refractivity contribution in [1.29, 1.82) is 0 Å². The molecular formula is C16H31N3O2. The highest BCUT2D eigenvalue weighted by molar-refractivity contribution is 5.77. The summed E-state index contributed by atoms with van der Waals surface area (Å²) < 4.78 is 5.64. The van der Waals surface area contributed by atoms with Gasteiger partial charge in [0.2, 0.25) is 5.91 Å². The minimum Gasteiger partial charge on any atom is -0.368 e. The zero-order chi connectivity index (χ0) is 14.9. The summed E-state index contributed by atoms with van der Waals surface area (Å²) >= 11 is 0. The molecule has 0 aliphatic carbocycles. The average Bonchev–Trinajstić information content (AvgIpc) is 2.52. The van der Waals surface area contributed by atoms with Gasteiger partial charge in [0.25, 0.3) is 0 Å². The third-order valence-corrected chi connectivity index (χ3v) is 4.59. The molecule has 5 heteroatoms. The maximum Gasteiger partial charge on any atom is 0.246 e. The smallest absolute Gasteiger partial charge is 0.246 e. The molecule has 0 radical (unpaired) electrons. The molecule has 2 aliphatic rings. The Morgan fingerprint density at radius 1 is 1.24 bits per heavy atom. The first-order valence-electron chi connectivity index (χ1n) is 8.55. The Labute approximate surface area is 128 Å². The molecule has 2 saturated heterocycles. The number of nitrogens with one attached hydrogen (secondary N) is 2. The number of carbonyl (C=O) groups excluding carboxylic acids is 1. The van der Waals surface area contributed by atoms with Crippen LogP contribution < -0.4 is 10.6 Å². The molecule has 2 aliphatic heterocycles. The normalized spacial score (nSPS) is 22.3. The van der Waals surface area contributed by atoms with Gasteiger partial charge in [-0.25, -0.2) is 0 Å². The molecule has 5 nitrogen and oxygen atoms in total. The van der Waals surface area contributed by atoms with Crippen LogP contribution in [0.15, 0.2) is 0 Å². The Kier molecular flexibility index (Phi) is 7.47. The lowest BCUT2D eigenvalue weighted by atomic mass is 9.99. The van der Waals surface area contributed by atoms with Crippen molar-refractivity contribution >= 4 is 5.91 Å². The zero-order valence-corrected chi connectivity index (χ0v) is 13.4. The Balaban J connectivity index is 1.45. The van der Waals surface area contributed by atoms with Crippen molar-refractivity contribution < 1.29 is 9.53 Å². The summed E-state index contributed by atoms with van der Waals surface area (Å²) in [6.07, 6.45) is 5.95. The van der Waals surface area contributed by atoms with Crippen molar-refractivity contribution in [2.75, 3.05) is 45.9 Å². The Morgan fingerprint density at radius 3 is 2.67 bits per heavy atom. The van der Waals surface area contributed by atoms with Gasteiger partial charge in [-0.2, -0.15) is 0 Å². The van der Waals surface area contributed by atoms with Gasteiger partial charge in [-0.05, 0) is 70.7 Å². The quantitative estimate of drug-likeness (QED) is 0.688. The molecule has 0 aromatic carbocycles. The van der Waals surface area contributed by atoms with Crippen LogP contribution in [0.25, 0.3) is 0 Å². The topological polar surface area (TPSA) is 53.6 Å². The average molecular weight is 297 g/mol. The molecule has 2 rings (SSSR count). The summed E-state index contributed by atoms with van der Waals surface area (Å²) in [5.41, 5.74) is 0. The van der Waals surface area contributed by atoms with Crippen LogP contribution in [0.2, 0.25) is 0 Å². The second-order valence-electron chi connectivity index (χ2n) is 6.49. The summed E-state index contributed by atoms with van der Waals surface area (Å²) in [6.45, 7) is 8.85. The van der Waals surface area contributed by atoms with Crippen LogP contribution in [0.3, 0.4) is 0 Å². The van der Waals surface area contributed by atoms with Crippen molar-refractivity contribution in [3.05, 3.63) is 0 Å². The van der Waals surface area contributed by atoms with E-state index < -0.39 is 0 Å². The van der Waals surface area contributed by atoms with E-state index in [1.165, 1.54) is 25.9 Å². The number of carbonyl (C=O) groups is 1. The molecule has 0 unspecified atom stereocenters. The standard InChI is InChI=1S/C16H31N3O2/c1-14-5-11-19(12-6-14)10-2-7-18-16(20)13-21-15-3-8-17-9-4-15/h14-15,17H,2-13H2,1H3,(H,18,20). The summed E-state index contributed by atoms with van der Waals surface area (Å²) in [6, 6.07) is 0. The van der Waals surface area contributed by atoms with E-state index in [-0.39, 0.29) is 18.6 Å². The molecule has 2 heterocycles. The molecule has 0 saturated carbocycles. The highest BCUT2D eigenvalue weighted by Crippen LogP contribution is 2.15. The van der Waals surface area contributed by atoms with Crippen LogP contribution >= 0.6 is 0 Å². The van der Waals surface area contributed by atoms with Crippen LogP contribution in [0, 0.1) is 5.92 Å². The first kappa shape index (κ1) is 16.7. The Hall–Kier alpha value is -0.650. The van der Waals surface area contributed by atoms with Crippen LogP contribution in [0.5, 0.6) is 0 Å². The van der Waals surface area contributed by atoms with Gasteiger partial charge in [-0.15, -0.1) is 0 Å². The van der Waals surface area contributed by atoms with E-state index in [1.807, 2.05) is 0 Å². The third-order valence-electron chi connectivity index (χ3n) is 4.59. The van der Waals surface area contributed by atoms with E-state index in [2.05, 4.69) is 22.5 Å². The van der Waals surface area contributed by atoms with Gasteiger partial charge in [0.15, 0.2) is 0 Å². The molecule has 21 heavy (non-hydrogen) atoms. The predicted octanol–water partition coefficient (Wildman–Crippen LogP) is 0.993. The third kappa shape index (κ3) is 6.76. The van der Waals surface area contributed by atoms with E-state index in [9.17, 15) is 4.79 Å². The second-order valence-corrected chi connectivity index (χ2v) is 6.49. The molecule has 1 amide bonds. The van der Waals surface area contributed by atoms with E-state index in [1.54, 1.807) is 0 Å². The minimum atomic E-state index is 0.0285. The van der Waals surface area contributed by atoms with Gasteiger partial charge in [0, 0.05) is 6.54 Å². The van der Waals surface area contributed by atoms with E-state index >= 15 is 0 Å². The van der Waals surface area contributed by atoms with Gasteiger partial charge >= 0.3 is 0 Å². The summed E-state index contributed by atoms with van der Waals surface area (Å²) in [4.78, 5) is 14.2. The minimum absolute atomic E-state index is 0.0285. The lowest BCUT2D eigenvalue weighted by Crippen LogP contribution is -2.37. The number of hydrogen-bond donors (Lipinski definition) is 2. The monoisotopic (exact) mass is 297 g/mol. The second kappa shape index (κ2) is 9.38. The Morgan fingerprint density at radius 2 is 1.95 bits per heavy atom. The highest BCUT2D eigenvalue weighted by atomic mass is 16.5. The first-order valence-corrected chi connectivity index (χ1v) is 8.55. The fourth-order valence-corrected chi connectivity index (χ4v) is 3.02. The number of likely N-dealkylation sites (tertiary alicyclic amines) is 1. The number of nitrogens with zero attached hydrogens (tertiary/aromatic N) is 1. The van der Waals surface area contributed by atoms with Gasteiger partial charge in [-0.3, -0.25) is 4.79 Å². The molecule has 0 aromatic heterocycles. The van der Waals surface area contributed by atoms with Gasteiger partial charge < -0.3 is 20.3 Å². The highest BCUT2D eigenvalue weighted by Gasteiger charge is 2.16. The number of ether oxygens (including phenoxy) is 1.